The maximum atomic E-state index is 12.2. The number of hydrogen-bond donors (Lipinski definition) is 3. The van der Waals surface area contributed by atoms with Crippen molar-refractivity contribution < 1.29 is 9.90 Å². The minimum absolute atomic E-state index is 0.118. The Morgan fingerprint density at radius 1 is 1.13 bits per heavy atom. The van der Waals surface area contributed by atoms with Gasteiger partial charge in [-0.3, -0.25) is 14.4 Å². The zero-order chi connectivity index (χ0) is 21.8. The van der Waals surface area contributed by atoms with E-state index in [1.165, 1.54) is 43.1 Å². The summed E-state index contributed by atoms with van der Waals surface area (Å²) in [5.74, 6) is 0.0549. The van der Waals surface area contributed by atoms with Gasteiger partial charge in [-0.1, -0.05) is 45.1 Å². The fraction of sp³-hybridized carbons (Fsp3) is 0.522. The first kappa shape index (κ1) is 21.9. The van der Waals surface area contributed by atoms with Gasteiger partial charge in [0.2, 0.25) is 0 Å². The van der Waals surface area contributed by atoms with E-state index in [0.29, 0.717) is 5.92 Å². The minimum Gasteiger partial charge on any atom is -0.505 e. The summed E-state index contributed by atoms with van der Waals surface area (Å²) in [6.07, 6.45) is 8.08. The van der Waals surface area contributed by atoms with Crippen molar-refractivity contribution in [3.8, 4) is 5.75 Å². The number of para-hydroxylation sites is 1. The zero-order valence-electron chi connectivity index (χ0n) is 18.0. The topological polar surface area (TPSA) is 98.7 Å². The molecule has 3 rings (SSSR count). The normalized spacial score (nSPS) is 15.7. The number of carbonyl (C=O) groups is 1. The van der Waals surface area contributed by atoms with Crippen LogP contribution in [0.1, 0.15) is 62.2 Å². The number of nitrogens with one attached hydrogen (secondary N) is 2. The molecule has 0 spiro atoms. The number of anilines is 3. The molecule has 1 amide bonds. The van der Waals surface area contributed by atoms with Gasteiger partial charge in [-0.25, -0.2) is 0 Å². The molecule has 1 fully saturated rings. The molecule has 1 saturated carbocycles. The first-order valence-corrected chi connectivity index (χ1v) is 10.7. The number of carbonyl (C=O) groups excluding carboxylic acids is 1. The molecule has 162 valence electrons. The average molecular weight is 414 g/mol. The number of phenols is 1. The molecule has 3 N–H and O–H groups in total. The third kappa shape index (κ3) is 4.50. The van der Waals surface area contributed by atoms with Gasteiger partial charge in [0.15, 0.2) is 5.75 Å². The lowest BCUT2D eigenvalue weighted by molar-refractivity contribution is 0.0824. The zero-order valence-corrected chi connectivity index (χ0v) is 18.0. The van der Waals surface area contributed by atoms with E-state index in [9.17, 15) is 19.5 Å². The van der Waals surface area contributed by atoms with Crippen LogP contribution in [0.2, 0.25) is 0 Å². The van der Waals surface area contributed by atoms with Crippen molar-refractivity contribution in [2.45, 2.75) is 57.9 Å². The lowest BCUT2D eigenvalue weighted by Crippen LogP contribution is -2.39. The molecule has 2 aromatic rings. The molecular weight excluding hydrogens is 382 g/mol. The van der Waals surface area contributed by atoms with E-state index in [2.05, 4.69) is 17.6 Å². The molecule has 1 aliphatic carbocycles. The van der Waals surface area contributed by atoms with Gasteiger partial charge >= 0.3 is 0 Å². The highest BCUT2D eigenvalue weighted by molar-refractivity contribution is 5.99. The van der Waals surface area contributed by atoms with Crippen LogP contribution in [0, 0.1) is 5.92 Å². The Balaban J connectivity index is 1.78. The van der Waals surface area contributed by atoms with Crippen LogP contribution >= 0.6 is 0 Å². The summed E-state index contributed by atoms with van der Waals surface area (Å²) in [4.78, 5) is 38.0. The van der Waals surface area contributed by atoms with Gasteiger partial charge in [0.25, 0.3) is 16.8 Å². The number of amides is 1. The van der Waals surface area contributed by atoms with Crippen molar-refractivity contribution in [2.24, 2.45) is 5.92 Å². The minimum atomic E-state index is -0.617. The Hall–Kier alpha value is -2.83. The third-order valence-electron chi connectivity index (χ3n) is 6.03. The van der Waals surface area contributed by atoms with E-state index in [0.717, 1.165) is 12.8 Å². The Morgan fingerprint density at radius 3 is 2.43 bits per heavy atom. The van der Waals surface area contributed by atoms with Gasteiger partial charge in [-0.2, -0.15) is 0 Å². The fourth-order valence-electron chi connectivity index (χ4n) is 4.20. The van der Waals surface area contributed by atoms with Crippen LogP contribution in [0.4, 0.5) is 17.1 Å². The molecular formula is C23H31N3O4. The van der Waals surface area contributed by atoms with E-state index in [4.69, 9.17) is 0 Å². The average Bonchev–Trinajstić information content (AvgIpc) is 2.76. The van der Waals surface area contributed by atoms with E-state index < -0.39 is 10.9 Å². The van der Waals surface area contributed by atoms with Gasteiger partial charge in [0.05, 0.1) is 11.3 Å². The molecule has 0 bridgehead atoms. The Labute approximate surface area is 176 Å². The van der Waals surface area contributed by atoms with Gasteiger partial charge in [-0.05, 0) is 30.9 Å². The van der Waals surface area contributed by atoms with Crippen LogP contribution in [0.15, 0.2) is 27.8 Å². The monoisotopic (exact) mass is 413 g/mol. The van der Waals surface area contributed by atoms with Crippen LogP contribution in [0.25, 0.3) is 0 Å². The Bertz CT molecular complexity index is 969. The van der Waals surface area contributed by atoms with E-state index in [-0.39, 0.29) is 40.3 Å². The highest BCUT2D eigenvalue weighted by Gasteiger charge is 2.26. The van der Waals surface area contributed by atoms with Crippen LogP contribution in [-0.4, -0.2) is 36.1 Å². The van der Waals surface area contributed by atoms with E-state index in [1.54, 1.807) is 26.2 Å². The summed E-state index contributed by atoms with van der Waals surface area (Å²) < 4.78 is 0. The SMILES string of the molecule is CC[C@@H](CC1CCCCC1)Nc1c(Nc2cccc(C(=O)N(C)C)c2O)c(=O)c1=O. The molecule has 30 heavy (non-hydrogen) atoms. The van der Waals surface area contributed by atoms with Crippen LogP contribution in [0.5, 0.6) is 5.75 Å². The first-order valence-electron chi connectivity index (χ1n) is 10.7. The lowest BCUT2D eigenvalue weighted by atomic mass is 9.84. The molecule has 0 aliphatic heterocycles. The predicted molar refractivity (Wildman–Crippen MR) is 120 cm³/mol. The van der Waals surface area contributed by atoms with Crippen molar-refractivity contribution in [3.05, 3.63) is 44.2 Å². The maximum Gasteiger partial charge on any atom is 0.257 e. The van der Waals surface area contributed by atoms with Crippen molar-refractivity contribution in [1.82, 2.24) is 4.90 Å². The largest absolute Gasteiger partial charge is 0.505 e. The Morgan fingerprint density at radius 2 is 1.80 bits per heavy atom. The molecule has 7 heteroatoms. The second kappa shape index (κ2) is 9.32. The number of benzene rings is 1. The maximum absolute atomic E-state index is 12.2. The summed E-state index contributed by atoms with van der Waals surface area (Å²) >= 11 is 0. The highest BCUT2D eigenvalue weighted by Crippen LogP contribution is 2.33. The van der Waals surface area contributed by atoms with Crippen LogP contribution in [-0.2, 0) is 0 Å². The Kier molecular flexibility index (Phi) is 6.80. The highest BCUT2D eigenvalue weighted by atomic mass is 16.3. The van der Waals surface area contributed by atoms with Crippen molar-refractivity contribution >= 4 is 23.0 Å². The van der Waals surface area contributed by atoms with Crippen molar-refractivity contribution in [3.63, 3.8) is 0 Å². The van der Waals surface area contributed by atoms with Gasteiger partial charge in [-0.15, -0.1) is 0 Å². The summed E-state index contributed by atoms with van der Waals surface area (Å²) in [5, 5.41) is 16.6. The summed E-state index contributed by atoms with van der Waals surface area (Å²) in [7, 11) is 3.19. The number of phenolic OH excluding ortho intramolecular Hbond substituents is 1. The van der Waals surface area contributed by atoms with Gasteiger partial charge in [0, 0.05) is 20.1 Å². The molecule has 0 radical (unpaired) electrons. The lowest BCUT2D eigenvalue weighted by Gasteiger charge is -2.28. The third-order valence-corrected chi connectivity index (χ3v) is 6.03. The quantitative estimate of drug-likeness (QED) is 0.452. The molecule has 0 aromatic heterocycles. The second-order valence-electron chi connectivity index (χ2n) is 8.42. The number of nitrogens with zero attached hydrogens (tertiary/aromatic N) is 1. The van der Waals surface area contributed by atoms with E-state index >= 15 is 0 Å². The molecule has 1 aliphatic rings. The van der Waals surface area contributed by atoms with E-state index in [1.807, 2.05) is 0 Å². The van der Waals surface area contributed by atoms with Crippen LogP contribution < -0.4 is 21.5 Å². The molecule has 0 saturated heterocycles. The van der Waals surface area contributed by atoms with Crippen molar-refractivity contribution in [1.29, 1.82) is 0 Å². The summed E-state index contributed by atoms with van der Waals surface area (Å²) in [6, 6.07) is 4.82. The number of hydrogen-bond acceptors (Lipinski definition) is 6. The van der Waals surface area contributed by atoms with Crippen LogP contribution in [0.3, 0.4) is 0 Å². The van der Waals surface area contributed by atoms with Gasteiger partial charge in [0.1, 0.15) is 11.4 Å². The second-order valence-corrected chi connectivity index (χ2v) is 8.42. The molecule has 1 atom stereocenters. The number of aromatic hydroxyl groups is 1. The van der Waals surface area contributed by atoms with Gasteiger partial charge < -0.3 is 20.6 Å². The smallest absolute Gasteiger partial charge is 0.257 e. The molecule has 0 heterocycles. The molecule has 2 aromatic carbocycles. The fourth-order valence-corrected chi connectivity index (χ4v) is 4.20. The molecule has 0 unspecified atom stereocenters. The van der Waals surface area contributed by atoms with Crippen molar-refractivity contribution in [2.75, 3.05) is 24.7 Å². The summed E-state index contributed by atoms with van der Waals surface area (Å²) in [5.41, 5.74) is -0.397. The summed E-state index contributed by atoms with van der Waals surface area (Å²) in [6.45, 7) is 2.07. The predicted octanol–water partition coefficient (Wildman–Crippen LogP) is 3.59. The standard InChI is InChI=1S/C23H31N3O4/c1-4-15(13-14-9-6-5-7-10-14)24-18-19(22(29)21(18)28)25-17-12-8-11-16(20(17)27)23(30)26(2)3/h8,11-12,14-15,24-25,27H,4-7,9-10,13H2,1-3H3/t15-/m0/s1. The number of rotatable bonds is 8. The first-order chi connectivity index (χ1) is 14.3. The molecule has 7 nitrogen and oxygen atoms in total.